The van der Waals surface area contributed by atoms with E-state index in [2.05, 4.69) is 45.9 Å². The predicted octanol–water partition coefficient (Wildman–Crippen LogP) is 2.41. The highest BCUT2D eigenvalue weighted by Crippen LogP contribution is 2.54. The molecule has 90 valence electrons. The van der Waals surface area contributed by atoms with Gasteiger partial charge in [0.05, 0.1) is 11.7 Å². The van der Waals surface area contributed by atoms with Crippen molar-refractivity contribution in [1.29, 1.82) is 0 Å². The average molecular weight is 221 g/mol. The fourth-order valence-electron chi connectivity index (χ4n) is 2.37. The highest BCUT2D eigenvalue weighted by molar-refractivity contribution is 5.33. The normalized spacial score (nSPS) is 19.9. The molecule has 0 aromatic carbocycles. The van der Waals surface area contributed by atoms with Crippen molar-refractivity contribution in [3.8, 4) is 0 Å². The summed E-state index contributed by atoms with van der Waals surface area (Å²) < 4.78 is 2.04. The van der Waals surface area contributed by atoms with Crippen LogP contribution >= 0.6 is 0 Å². The van der Waals surface area contributed by atoms with Gasteiger partial charge in [-0.05, 0) is 53.0 Å². The molecular formula is C13H23N3. The van der Waals surface area contributed by atoms with Gasteiger partial charge in [-0.25, -0.2) is 0 Å². The Morgan fingerprint density at radius 2 is 1.81 bits per heavy atom. The molecule has 2 N–H and O–H groups in total. The van der Waals surface area contributed by atoms with Gasteiger partial charge in [0.15, 0.2) is 0 Å². The van der Waals surface area contributed by atoms with Crippen LogP contribution in [0.1, 0.15) is 53.0 Å². The van der Waals surface area contributed by atoms with Crippen LogP contribution in [-0.4, -0.2) is 15.3 Å². The van der Waals surface area contributed by atoms with Crippen molar-refractivity contribution in [1.82, 2.24) is 9.78 Å². The summed E-state index contributed by atoms with van der Waals surface area (Å²) in [6.07, 6.45) is 6.53. The lowest BCUT2D eigenvalue weighted by Crippen LogP contribution is -2.45. The molecule has 0 aliphatic heterocycles. The first-order chi connectivity index (χ1) is 7.17. The first kappa shape index (κ1) is 11.6. The van der Waals surface area contributed by atoms with Gasteiger partial charge in [0.2, 0.25) is 0 Å². The van der Waals surface area contributed by atoms with Crippen LogP contribution in [0.15, 0.2) is 12.4 Å². The molecular weight excluding hydrogens is 198 g/mol. The van der Waals surface area contributed by atoms with Gasteiger partial charge in [-0.15, -0.1) is 0 Å². The van der Waals surface area contributed by atoms with Crippen molar-refractivity contribution in [3.63, 3.8) is 0 Å². The van der Waals surface area contributed by atoms with Crippen molar-refractivity contribution in [2.45, 2.75) is 64.0 Å². The van der Waals surface area contributed by atoms with Gasteiger partial charge in [-0.1, -0.05) is 0 Å². The minimum absolute atomic E-state index is 0.0487. The summed E-state index contributed by atoms with van der Waals surface area (Å²) in [4.78, 5) is 0. The second-order valence-corrected chi connectivity index (χ2v) is 6.65. The van der Waals surface area contributed by atoms with E-state index in [4.69, 9.17) is 5.73 Å². The van der Waals surface area contributed by atoms with E-state index in [9.17, 15) is 0 Å². The first-order valence-electron chi connectivity index (χ1n) is 6.01. The van der Waals surface area contributed by atoms with Gasteiger partial charge in [-0.3, -0.25) is 4.68 Å². The molecule has 3 heteroatoms. The Morgan fingerprint density at radius 3 is 2.12 bits per heavy atom. The van der Waals surface area contributed by atoms with Crippen molar-refractivity contribution in [2.24, 2.45) is 5.73 Å². The van der Waals surface area contributed by atoms with Gasteiger partial charge in [0, 0.05) is 17.2 Å². The van der Waals surface area contributed by atoms with E-state index in [1.54, 1.807) is 0 Å². The van der Waals surface area contributed by atoms with Crippen LogP contribution < -0.4 is 5.73 Å². The average Bonchev–Trinajstić information content (AvgIpc) is 2.75. The number of nitrogens with zero attached hydrogens (tertiary/aromatic N) is 2. The molecule has 16 heavy (non-hydrogen) atoms. The van der Waals surface area contributed by atoms with Gasteiger partial charge in [0.1, 0.15) is 0 Å². The highest BCUT2D eigenvalue weighted by atomic mass is 15.3. The van der Waals surface area contributed by atoms with E-state index < -0.39 is 0 Å². The zero-order valence-electron chi connectivity index (χ0n) is 11.0. The molecule has 1 aliphatic rings. The van der Waals surface area contributed by atoms with Crippen molar-refractivity contribution in [2.75, 3.05) is 0 Å². The van der Waals surface area contributed by atoms with E-state index in [1.165, 1.54) is 18.4 Å². The molecule has 1 saturated carbocycles. The topological polar surface area (TPSA) is 43.8 Å². The Hall–Kier alpha value is -0.830. The highest BCUT2D eigenvalue weighted by Gasteiger charge is 2.54. The second-order valence-electron chi connectivity index (χ2n) is 6.65. The van der Waals surface area contributed by atoms with Crippen molar-refractivity contribution in [3.05, 3.63) is 18.0 Å². The summed E-state index contributed by atoms with van der Waals surface area (Å²) in [5, 5.41) is 4.47. The lowest BCUT2D eigenvalue weighted by atomic mass is 9.81. The molecule has 0 saturated heterocycles. The lowest BCUT2D eigenvalue weighted by molar-refractivity contribution is 0.352. The molecule has 1 aromatic heterocycles. The van der Waals surface area contributed by atoms with Crippen LogP contribution in [0.3, 0.4) is 0 Å². The monoisotopic (exact) mass is 221 g/mol. The third-order valence-electron chi connectivity index (χ3n) is 3.81. The van der Waals surface area contributed by atoms with E-state index in [-0.39, 0.29) is 16.5 Å². The SMILES string of the molecule is CC(C)(C)n1cc(C2(C(C)(C)N)CC2)cn1. The summed E-state index contributed by atoms with van der Waals surface area (Å²) in [6, 6.07) is 0. The maximum Gasteiger partial charge on any atom is 0.0543 e. The molecule has 1 fully saturated rings. The maximum absolute atomic E-state index is 6.29. The third kappa shape index (κ3) is 1.67. The third-order valence-corrected chi connectivity index (χ3v) is 3.81. The Kier molecular flexibility index (Phi) is 2.26. The molecule has 1 aliphatic carbocycles. The summed E-state index contributed by atoms with van der Waals surface area (Å²) in [7, 11) is 0. The number of nitrogens with two attached hydrogens (primary N) is 1. The van der Waals surface area contributed by atoms with E-state index in [1.807, 2.05) is 10.9 Å². The van der Waals surface area contributed by atoms with Gasteiger partial charge >= 0.3 is 0 Å². The van der Waals surface area contributed by atoms with Crippen LogP contribution in [0.5, 0.6) is 0 Å². The number of aromatic nitrogens is 2. The van der Waals surface area contributed by atoms with Crippen molar-refractivity contribution < 1.29 is 0 Å². The van der Waals surface area contributed by atoms with E-state index in [0.29, 0.717) is 0 Å². The molecule has 1 heterocycles. The summed E-state index contributed by atoms with van der Waals surface area (Å²) in [5.41, 5.74) is 7.65. The van der Waals surface area contributed by atoms with Crippen LogP contribution in [0.25, 0.3) is 0 Å². The molecule has 0 amide bonds. The summed E-state index contributed by atoms with van der Waals surface area (Å²) in [6.45, 7) is 10.7. The molecule has 0 spiro atoms. The molecule has 2 rings (SSSR count). The molecule has 0 unspecified atom stereocenters. The minimum Gasteiger partial charge on any atom is -0.325 e. The van der Waals surface area contributed by atoms with Crippen LogP contribution in [0, 0.1) is 0 Å². The summed E-state index contributed by atoms with van der Waals surface area (Å²) >= 11 is 0. The van der Waals surface area contributed by atoms with Crippen molar-refractivity contribution >= 4 is 0 Å². The number of rotatable bonds is 2. The standard InChI is InChI=1S/C13H23N3/c1-11(2,3)16-9-10(8-15-16)13(6-7-13)12(4,5)14/h8-9H,6-7,14H2,1-5H3. The Labute approximate surface area is 98.0 Å². The lowest BCUT2D eigenvalue weighted by Gasteiger charge is -2.30. The van der Waals surface area contributed by atoms with E-state index >= 15 is 0 Å². The maximum atomic E-state index is 6.29. The Morgan fingerprint density at radius 1 is 1.25 bits per heavy atom. The van der Waals surface area contributed by atoms with Crippen LogP contribution in [0.4, 0.5) is 0 Å². The fourth-order valence-corrected chi connectivity index (χ4v) is 2.37. The Bertz CT molecular complexity index is 386. The van der Waals surface area contributed by atoms with Gasteiger partial charge < -0.3 is 5.73 Å². The summed E-state index contributed by atoms with van der Waals surface area (Å²) in [5.74, 6) is 0. The van der Waals surface area contributed by atoms with Crippen LogP contribution in [0.2, 0.25) is 0 Å². The molecule has 0 atom stereocenters. The minimum atomic E-state index is -0.154. The molecule has 0 radical (unpaired) electrons. The zero-order valence-corrected chi connectivity index (χ0v) is 11.0. The predicted molar refractivity (Wildman–Crippen MR) is 66.4 cm³/mol. The number of hydrogen-bond donors (Lipinski definition) is 1. The van der Waals surface area contributed by atoms with Gasteiger partial charge in [-0.2, -0.15) is 5.10 Å². The number of hydrogen-bond acceptors (Lipinski definition) is 2. The first-order valence-corrected chi connectivity index (χ1v) is 6.01. The Balaban J connectivity index is 2.34. The molecule has 3 nitrogen and oxygen atoms in total. The zero-order chi connectivity index (χ0) is 12.2. The van der Waals surface area contributed by atoms with Gasteiger partial charge in [0.25, 0.3) is 0 Å². The quantitative estimate of drug-likeness (QED) is 0.833. The van der Waals surface area contributed by atoms with Crippen LogP contribution in [-0.2, 0) is 11.0 Å². The smallest absolute Gasteiger partial charge is 0.0543 e. The fraction of sp³-hybridized carbons (Fsp3) is 0.769. The van der Waals surface area contributed by atoms with E-state index in [0.717, 1.165) is 0 Å². The molecule has 0 bridgehead atoms. The largest absolute Gasteiger partial charge is 0.325 e. The second kappa shape index (κ2) is 3.10. The molecule has 1 aromatic rings.